The van der Waals surface area contributed by atoms with E-state index in [1.807, 2.05) is 12.1 Å². The molecule has 0 aliphatic carbocycles. The molecule has 182 valence electrons. The summed E-state index contributed by atoms with van der Waals surface area (Å²) >= 11 is 0. The second-order valence-corrected chi connectivity index (χ2v) is 8.82. The van der Waals surface area contributed by atoms with Crippen LogP contribution in [0.15, 0.2) is 48.5 Å². The summed E-state index contributed by atoms with van der Waals surface area (Å²) in [7, 11) is 0. The Balaban J connectivity index is 1.91. The zero-order chi connectivity index (χ0) is 23.7. The average Bonchev–Trinajstić information content (AvgIpc) is 2.83. The summed E-state index contributed by atoms with van der Waals surface area (Å²) in [4.78, 5) is 11.1. The summed E-state index contributed by atoms with van der Waals surface area (Å²) in [6.07, 6.45) is 14.5. The molecule has 0 spiro atoms. The number of ether oxygens (including phenoxy) is 2. The molecular weight excluding hydrogens is 412 g/mol. The van der Waals surface area contributed by atoms with Gasteiger partial charge in [0.15, 0.2) is 0 Å². The lowest BCUT2D eigenvalue weighted by molar-refractivity contribution is 0.0697. The number of hydrogen-bond acceptors (Lipinski definition) is 3. The Hall–Kier alpha value is -2.49. The van der Waals surface area contributed by atoms with E-state index in [4.69, 9.17) is 14.6 Å². The second kappa shape index (κ2) is 16.2. The van der Waals surface area contributed by atoms with Crippen molar-refractivity contribution < 1.29 is 19.4 Å². The van der Waals surface area contributed by atoms with Gasteiger partial charge in [-0.2, -0.15) is 0 Å². The fraction of sp³-hybridized carbons (Fsp3) is 0.552. The first-order chi connectivity index (χ1) is 16.1. The summed E-state index contributed by atoms with van der Waals surface area (Å²) in [5.41, 5.74) is 1.39. The van der Waals surface area contributed by atoms with E-state index in [0.29, 0.717) is 5.75 Å². The molecular formula is C29H42O4. The molecule has 0 aliphatic heterocycles. The molecule has 0 saturated carbocycles. The van der Waals surface area contributed by atoms with Gasteiger partial charge in [0.2, 0.25) is 0 Å². The van der Waals surface area contributed by atoms with Gasteiger partial charge >= 0.3 is 5.97 Å². The van der Waals surface area contributed by atoms with Crippen LogP contribution in [0.5, 0.6) is 11.5 Å². The fourth-order valence-electron chi connectivity index (χ4n) is 3.92. The minimum Gasteiger partial charge on any atom is -0.494 e. The maximum Gasteiger partial charge on any atom is 0.335 e. The van der Waals surface area contributed by atoms with Crippen molar-refractivity contribution in [2.75, 3.05) is 6.61 Å². The molecule has 0 saturated heterocycles. The van der Waals surface area contributed by atoms with Crippen molar-refractivity contribution in [3.8, 4) is 11.5 Å². The SMILES string of the molecule is CCCCCCCCOc1ccc(C(CCCCCCC)Oc2ccc(C(=O)O)cc2)cc1. The van der Waals surface area contributed by atoms with Gasteiger partial charge in [-0.05, 0) is 61.2 Å². The van der Waals surface area contributed by atoms with Crippen LogP contribution in [-0.4, -0.2) is 17.7 Å². The van der Waals surface area contributed by atoms with E-state index in [0.717, 1.165) is 37.2 Å². The molecule has 1 atom stereocenters. The lowest BCUT2D eigenvalue weighted by Gasteiger charge is -2.20. The van der Waals surface area contributed by atoms with Gasteiger partial charge in [0.25, 0.3) is 0 Å². The average molecular weight is 455 g/mol. The van der Waals surface area contributed by atoms with E-state index in [2.05, 4.69) is 26.0 Å². The monoisotopic (exact) mass is 454 g/mol. The van der Waals surface area contributed by atoms with Gasteiger partial charge in [0.1, 0.15) is 17.6 Å². The molecule has 0 fully saturated rings. The number of unbranched alkanes of at least 4 members (excludes halogenated alkanes) is 9. The molecule has 4 heteroatoms. The predicted octanol–water partition coefficient (Wildman–Crippen LogP) is 8.60. The molecule has 0 radical (unpaired) electrons. The molecule has 0 aliphatic rings. The highest BCUT2D eigenvalue weighted by molar-refractivity contribution is 5.87. The third-order valence-electron chi connectivity index (χ3n) is 5.97. The van der Waals surface area contributed by atoms with Crippen molar-refractivity contribution in [3.05, 3.63) is 59.7 Å². The Morgan fingerprint density at radius 1 is 0.727 bits per heavy atom. The molecule has 1 unspecified atom stereocenters. The van der Waals surface area contributed by atoms with Crippen molar-refractivity contribution >= 4 is 5.97 Å². The fourth-order valence-corrected chi connectivity index (χ4v) is 3.92. The standard InChI is InChI=1S/C29H42O4/c1-3-5-7-9-11-13-23-32-26-19-15-24(16-20-26)28(14-12-10-8-6-4-2)33-27-21-17-25(18-22-27)29(30)31/h15-22,28H,3-14,23H2,1-2H3,(H,30,31). The van der Waals surface area contributed by atoms with Crippen LogP contribution < -0.4 is 9.47 Å². The number of carboxylic acids is 1. The topological polar surface area (TPSA) is 55.8 Å². The van der Waals surface area contributed by atoms with Gasteiger partial charge in [0, 0.05) is 0 Å². The number of benzene rings is 2. The second-order valence-electron chi connectivity index (χ2n) is 8.82. The van der Waals surface area contributed by atoms with Crippen LogP contribution in [0.3, 0.4) is 0 Å². The van der Waals surface area contributed by atoms with Crippen LogP contribution in [0, 0.1) is 0 Å². The molecule has 1 N–H and O–H groups in total. The maximum absolute atomic E-state index is 11.1. The molecule has 0 heterocycles. The summed E-state index contributed by atoms with van der Waals surface area (Å²) in [5.74, 6) is 0.673. The summed E-state index contributed by atoms with van der Waals surface area (Å²) in [5, 5.41) is 9.12. The number of carboxylic acid groups (broad SMARTS) is 1. The van der Waals surface area contributed by atoms with Gasteiger partial charge < -0.3 is 14.6 Å². The Bertz CT molecular complexity index is 767. The predicted molar refractivity (Wildman–Crippen MR) is 135 cm³/mol. The Morgan fingerprint density at radius 2 is 1.27 bits per heavy atom. The number of carbonyl (C=O) groups is 1. The third-order valence-corrected chi connectivity index (χ3v) is 5.97. The van der Waals surface area contributed by atoms with E-state index in [-0.39, 0.29) is 11.7 Å². The van der Waals surface area contributed by atoms with E-state index >= 15 is 0 Å². The number of hydrogen-bond donors (Lipinski definition) is 1. The van der Waals surface area contributed by atoms with Crippen LogP contribution in [0.1, 0.15) is 113 Å². The highest BCUT2D eigenvalue weighted by Crippen LogP contribution is 2.29. The van der Waals surface area contributed by atoms with Gasteiger partial charge in [-0.15, -0.1) is 0 Å². The van der Waals surface area contributed by atoms with Gasteiger partial charge in [-0.3, -0.25) is 0 Å². The third kappa shape index (κ3) is 10.8. The molecule has 0 bridgehead atoms. The largest absolute Gasteiger partial charge is 0.494 e. The molecule has 2 aromatic rings. The van der Waals surface area contributed by atoms with Gasteiger partial charge in [0.05, 0.1) is 12.2 Å². The van der Waals surface area contributed by atoms with Crippen LogP contribution in [0.4, 0.5) is 0 Å². The molecule has 4 nitrogen and oxygen atoms in total. The zero-order valence-electron chi connectivity index (χ0n) is 20.6. The van der Waals surface area contributed by atoms with Crippen LogP contribution in [0.2, 0.25) is 0 Å². The first-order valence-electron chi connectivity index (χ1n) is 12.9. The summed E-state index contributed by atoms with van der Waals surface area (Å²) < 4.78 is 12.2. The molecule has 0 amide bonds. The highest BCUT2D eigenvalue weighted by atomic mass is 16.5. The lowest BCUT2D eigenvalue weighted by Crippen LogP contribution is -2.08. The van der Waals surface area contributed by atoms with Crippen LogP contribution in [-0.2, 0) is 0 Å². The van der Waals surface area contributed by atoms with E-state index < -0.39 is 5.97 Å². The van der Waals surface area contributed by atoms with Crippen LogP contribution >= 0.6 is 0 Å². The normalized spacial score (nSPS) is 11.8. The van der Waals surface area contributed by atoms with Crippen molar-refractivity contribution in [1.29, 1.82) is 0 Å². The zero-order valence-corrected chi connectivity index (χ0v) is 20.6. The quantitative estimate of drug-likeness (QED) is 0.229. The summed E-state index contributed by atoms with van der Waals surface area (Å²) in [6.45, 7) is 5.23. The van der Waals surface area contributed by atoms with Gasteiger partial charge in [-0.25, -0.2) is 4.79 Å². The molecule has 2 aromatic carbocycles. The van der Waals surface area contributed by atoms with Crippen molar-refractivity contribution in [3.63, 3.8) is 0 Å². The number of aromatic carboxylic acids is 1. The Labute approximate surface area is 200 Å². The highest BCUT2D eigenvalue weighted by Gasteiger charge is 2.14. The molecule has 0 aromatic heterocycles. The Kier molecular flexibility index (Phi) is 13.1. The van der Waals surface area contributed by atoms with E-state index in [9.17, 15) is 4.79 Å². The first-order valence-corrected chi connectivity index (χ1v) is 12.9. The molecule has 2 rings (SSSR count). The minimum absolute atomic E-state index is 0.0603. The van der Waals surface area contributed by atoms with Crippen molar-refractivity contribution in [2.24, 2.45) is 0 Å². The lowest BCUT2D eigenvalue weighted by atomic mass is 10.0. The smallest absolute Gasteiger partial charge is 0.335 e. The van der Waals surface area contributed by atoms with E-state index in [1.165, 1.54) is 57.8 Å². The summed E-state index contributed by atoms with van der Waals surface area (Å²) in [6, 6.07) is 14.9. The Morgan fingerprint density at radius 3 is 1.88 bits per heavy atom. The first kappa shape index (κ1) is 26.8. The van der Waals surface area contributed by atoms with Crippen molar-refractivity contribution in [2.45, 2.75) is 97.0 Å². The minimum atomic E-state index is -0.925. The van der Waals surface area contributed by atoms with E-state index in [1.54, 1.807) is 24.3 Å². The van der Waals surface area contributed by atoms with Crippen LogP contribution in [0.25, 0.3) is 0 Å². The number of rotatable bonds is 18. The van der Waals surface area contributed by atoms with Gasteiger partial charge in [-0.1, -0.05) is 83.8 Å². The maximum atomic E-state index is 11.1. The molecule has 33 heavy (non-hydrogen) atoms. The van der Waals surface area contributed by atoms with Crippen molar-refractivity contribution in [1.82, 2.24) is 0 Å².